The van der Waals surface area contributed by atoms with Crippen LogP contribution in [0.25, 0.3) is 0 Å². The quantitative estimate of drug-likeness (QED) is 0.723. The van der Waals surface area contributed by atoms with Crippen molar-refractivity contribution in [2.24, 2.45) is 0 Å². The minimum absolute atomic E-state index is 0.0296. The van der Waals surface area contributed by atoms with Crippen LogP contribution in [0.15, 0.2) is 0 Å². The molecule has 0 aromatic rings. The first kappa shape index (κ1) is 12.3. The number of hydrogen-bond donors (Lipinski definition) is 0. The molecule has 0 spiro atoms. The van der Waals surface area contributed by atoms with Gasteiger partial charge < -0.3 is 9.47 Å². The summed E-state index contributed by atoms with van der Waals surface area (Å²) < 4.78 is 11.8. The van der Waals surface area contributed by atoms with Gasteiger partial charge in [-0.3, -0.25) is 4.90 Å². The van der Waals surface area contributed by atoms with E-state index < -0.39 is 0 Å². The van der Waals surface area contributed by atoms with E-state index in [0.29, 0.717) is 6.10 Å². The molecule has 0 aromatic carbocycles. The SMILES string of the molecule is C[C@H]1CC(C)(C)O[C@H](CN2CCCCC2)O1. The van der Waals surface area contributed by atoms with Crippen LogP contribution in [0.5, 0.6) is 0 Å². The van der Waals surface area contributed by atoms with Gasteiger partial charge in [-0.25, -0.2) is 0 Å². The van der Waals surface area contributed by atoms with E-state index in [1.165, 1.54) is 32.4 Å². The maximum absolute atomic E-state index is 5.98. The normalized spacial score (nSPS) is 36.2. The van der Waals surface area contributed by atoms with Gasteiger partial charge in [0.2, 0.25) is 0 Å². The average Bonchev–Trinajstić information content (AvgIpc) is 2.15. The first-order valence-electron chi connectivity index (χ1n) is 6.61. The highest BCUT2D eigenvalue weighted by Gasteiger charge is 2.34. The lowest BCUT2D eigenvalue weighted by atomic mass is 10.00. The van der Waals surface area contributed by atoms with Crippen molar-refractivity contribution in [1.29, 1.82) is 0 Å². The van der Waals surface area contributed by atoms with Gasteiger partial charge in [0.15, 0.2) is 6.29 Å². The minimum Gasteiger partial charge on any atom is -0.348 e. The average molecular weight is 227 g/mol. The molecular formula is C13H25NO2. The van der Waals surface area contributed by atoms with Gasteiger partial charge in [-0.15, -0.1) is 0 Å². The van der Waals surface area contributed by atoms with Gasteiger partial charge in [-0.1, -0.05) is 6.42 Å². The topological polar surface area (TPSA) is 21.7 Å². The lowest BCUT2D eigenvalue weighted by Crippen LogP contribution is -2.48. The fourth-order valence-electron chi connectivity index (χ4n) is 2.86. The maximum Gasteiger partial charge on any atom is 0.171 e. The van der Waals surface area contributed by atoms with Crippen molar-refractivity contribution in [3.8, 4) is 0 Å². The number of rotatable bonds is 2. The summed E-state index contributed by atoms with van der Waals surface area (Å²) in [6.07, 6.45) is 5.31. The molecular weight excluding hydrogens is 202 g/mol. The van der Waals surface area contributed by atoms with Gasteiger partial charge in [-0.2, -0.15) is 0 Å². The third-order valence-corrected chi connectivity index (χ3v) is 3.47. The summed E-state index contributed by atoms with van der Waals surface area (Å²) in [6, 6.07) is 0. The lowest BCUT2D eigenvalue weighted by molar-refractivity contribution is -0.272. The highest BCUT2D eigenvalue weighted by Crippen LogP contribution is 2.28. The van der Waals surface area contributed by atoms with Crippen molar-refractivity contribution < 1.29 is 9.47 Å². The van der Waals surface area contributed by atoms with E-state index in [9.17, 15) is 0 Å². The molecule has 0 N–H and O–H groups in total. The third-order valence-electron chi connectivity index (χ3n) is 3.47. The molecule has 2 aliphatic rings. The molecule has 0 unspecified atom stereocenters. The highest BCUT2D eigenvalue weighted by atomic mass is 16.7. The Morgan fingerprint density at radius 2 is 1.88 bits per heavy atom. The molecule has 2 atom stereocenters. The Morgan fingerprint density at radius 3 is 2.50 bits per heavy atom. The van der Waals surface area contributed by atoms with Crippen molar-refractivity contribution >= 4 is 0 Å². The minimum atomic E-state index is -0.0307. The molecule has 2 saturated heterocycles. The highest BCUT2D eigenvalue weighted by molar-refractivity contribution is 4.79. The molecule has 3 nitrogen and oxygen atoms in total. The fraction of sp³-hybridized carbons (Fsp3) is 1.00. The monoisotopic (exact) mass is 227 g/mol. The van der Waals surface area contributed by atoms with Gasteiger partial charge in [0.1, 0.15) is 0 Å². The van der Waals surface area contributed by atoms with Gasteiger partial charge in [0.25, 0.3) is 0 Å². The molecule has 0 amide bonds. The second kappa shape index (κ2) is 5.03. The molecule has 0 saturated carbocycles. The third kappa shape index (κ3) is 3.44. The van der Waals surface area contributed by atoms with E-state index in [-0.39, 0.29) is 11.9 Å². The molecule has 0 radical (unpaired) electrons. The molecule has 16 heavy (non-hydrogen) atoms. The van der Waals surface area contributed by atoms with E-state index in [1.54, 1.807) is 0 Å². The number of ether oxygens (including phenoxy) is 2. The Bertz CT molecular complexity index is 224. The van der Waals surface area contributed by atoms with Crippen LogP contribution in [0.3, 0.4) is 0 Å². The summed E-state index contributed by atoms with van der Waals surface area (Å²) in [5, 5.41) is 0. The lowest BCUT2D eigenvalue weighted by Gasteiger charge is -2.41. The Hall–Kier alpha value is -0.120. The molecule has 2 rings (SSSR count). The van der Waals surface area contributed by atoms with Crippen LogP contribution in [0.4, 0.5) is 0 Å². The van der Waals surface area contributed by atoms with E-state index in [4.69, 9.17) is 9.47 Å². The maximum atomic E-state index is 5.98. The Labute approximate surface area is 99.1 Å². The largest absolute Gasteiger partial charge is 0.348 e. The summed E-state index contributed by atoms with van der Waals surface area (Å²) in [5.41, 5.74) is -0.0296. The van der Waals surface area contributed by atoms with Crippen LogP contribution < -0.4 is 0 Å². The van der Waals surface area contributed by atoms with E-state index in [1.807, 2.05) is 0 Å². The van der Waals surface area contributed by atoms with Gasteiger partial charge in [0, 0.05) is 13.0 Å². The smallest absolute Gasteiger partial charge is 0.171 e. The first-order valence-corrected chi connectivity index (χ1v) is 6.61. The van der Waals surface area contributed by atoms with E-state index >= 15 is 0 Å². The number of nitrogens with zero attached hydrogens (tertiary/aromatic N) is 1. The van der Waals surface area contributed by atoms with Crippen LogP contribution in [0.1, 0.15) is 46.5 Å². The predicted molar refractivity (Wildman–Crippen MR) is 64.4 cm³/mol. The molecule has 2 fully saturated rings. The van der Waals surface area contributed by atoms with Crippen molar-refractivity contribution in [2.45, 2.75) is 64.4 Å². The molecule has 0 aliphatic carbocycles. The van der Waals surface area contributed by atoms with Crippen molar-refractivity contribution in [2.75, 3.05) is 19.6 Å². The molecule has 2 aliphatic heterocycles. The standard InChI is InChI=1S/C13H25NO2/c1-11-9-13(2,3)16-12(15-11)10-14-7-5-4-6-8-14/h11-12H,4-10H2,1-3H3/t11-,12+/m0/s1. The van der Waals surface area contributed by atoms with Crippen LogP contribution in [-0.2, 0) is 9.47 Å². The second-order valence-corrected chi connectivity index (χ2v) is 5.82. The number of likely N-dealkylation sites (tertiary alicyclic amines) is 1. The summed E-state index contributed by atoms with van der Waals surface area (Å²) in [7, 11) is 0. The van der Waals surface area contributed by atoms with Crippen molar-refractivity contribution in [3.05, 3.63) is 0 Å². The Balaban J connectivity index is 1.84. The first-order chi connectivity index (χ1) is 7.55. The molecule has 0 aromatic heterocycles. The zero-order chi connectivity index (χ0) is 11.6. The van der Waals surface area contributed by atoms with E-state index in [0.717, 1.165) is 13.0 Å². The summed E-state index contributed by atoms with van der Waals surface area (Å²) in [4.78, 5) is 2.47. The van der Waals surface area contributed by atoms with Crippen LogP contribution in [0.2, 0.25) is 0 Å². The van der Waals surface area contributed by atoms with Crippen LogP contribution >= 0.6 is 0 Å². The number of hydrogen-bond acceptors (Lipinski definition) is 3. The Kier molecular flexibility index (Phi) is 3.88. The van der Waals surface area contributed by atoms with Gasteiger partial charge in [-0.05, 0) is 46.7 Å². The van der Waals surface area contributed by atoms with Crippen molar-refractivity contribution in [1.82, 2.24) is 4.90 Å². The molecule has 3 heteroatoms. The van der Waals surface area contributed by atoms with Gasteiger partial charge >= 0.3 is 0 Å². The molecule has 2 heterocycles. The van der Waals surface area contributed by atoms with Crippen LogP contribution in [0, 0.1) is 0 Å². The fourth-order valence-corrected chi connectivity index (χ4v) is 2.86. The summed E-state index contributed by atoms with van der Waals surface area (Å²) in [5.74, 6) is 0. The molecule has 94 valence electrons. The van der Waals surface area contributed by atoms with E-state index in [2.05, 4.69) is 25.7 Å². The van der Waals surface area contributed by atoms with Crippen molar-refractivity contribution in [3.63, 3.8) is 0 Å². The predicted octanol–water partition coefficient (Wildman–Crippen LogP) is 2.40. The second-order valence-electron chi connectivity index (χ2n) is 5.82. The zero-order valence-corrected chi connectivity index (χ0v) is 10.9. The Morgan fingerprint density at radius 1 is 1.19 bits per heavy atom. The number of piperidine rings is 1. The summed E-state index contributed by atoms with van der Waals surface area (Å²) in [6.45, 7) is 9.82. The molecule has 0 bridgehead atoms. The zero-order valence-electron chi connectivity index (χ0n) is 10.9. The van der Waals surface area contributed by atoms with Crippen LogP contribution in [-0.4, -0.2) is 42.5 Å². The summed E-state index contributed by atoms with van der Waals surface area (Å²) >= 11 is 0. The van der Waals surface area contributed by atoms with Gasteiger partial charge in [0.05, 0.1) is 11.7 Å².